The number of ether oxygens (including phenoxy) is 2. The Labute approximate surface area is 140 Å². The maximum atomic E-state index is 12.4. The molecule has 134 valence electrons. The Morgan fingerprint density at radius 1 is 1.09 bits per heavy atom. The third-order valence-corrected chi connectivity index (χ3v) is 4.20. The maximum absolute atomic E-state index is 12.4. The standard InChI is InChI=1S/C18H33NO4/c1-12(2)10-11-22-14(5)18(21)23-16(13(3)4)17(20)19-15-8-6-7-9-15/h12-16H,6-11H2,1-5H3,(H,19,20). The summed E-state index contributed by atoms with van der Waals surface area (Å²) in [5.41, 5.74) is 0. The average Bonchev–Trinajstić information content (AvgIpc) is 2.96. The molecule has 1 N–H and O–H groups in total. The van der Waals surface area contributed by atoms with Crippen LogP contribution in [0.2, 0.25) is 0 Å². The number of carbonyl (C=O) groups is 2. The first-order chi connectivity index (χ1) is 10.8. The van der Waals surface area contributed by atoms with Crippen LogP contribution in [0.4, 0.5) is 0 Å². The summed E-state index contributed by atoms with van der Waals surface area (Å²) < 4.78 is 10.9. The van der Waals surface area contributed by atoms with Crippen molar-refractivity contribution in [3.8, 4) is 0 Å². The highest BCUT2D eigenvalue weighted by molar-refractivity contribution is 5.85. The van der Waals surface area contributed by atoms with Gasteiger partial charge in [0, 0.05) is 12.6 Å². The van der Waals surface area contributed by atoms with Gasteiger partial charge in [0.1, 0.15) is 0 Å². The van der Waals surface area contributed by atoms with Crippen molar-refractivity contribution in [1.82, 2.24) is 5.32 Å². The van der Waals surface area contributed by atoms with Gasteiger partial charge in [-0.25, -0.2) is 4.79 Å². The van der Waals surface area contributed by atoms with Crippen molar-refractivity contribution >= 4 is 11.9 Å². The number of hydrogen-bond acceptors (Lipinski definition) is 4. The van der Waals surface area contributed by atoms with Gasteiger partial charge in [0.25, 0.3) is 5.91 Å². The lowest BCUT2D eigenvalue weighted by Gasteiger charge is -2.24. The van der Waals surface area contributed by atoms with Gasteiger partial charge >= 0.3 is 5.97 Å². The quantitative estimate of drug-likeness (QED) is 0.661. The Bertz CT molecular complexity index is 375. The summed E-state index contributed by atoms with van der Waals surface area (Å²) in [7, 11) is 0. The summed E-state index contributed by atoms with van der Waals surface area (Å²) in [4.78, 5) is 24.5. The highest BCUT2D eigenvalue weighted by Crippen LogP contribution is 2.19. The van der Waals surface area contributed by atoms with Crippen molar-refractivity contribution in [1.29, 1.82) is 0 Å². The number of esters is 1. The Morgan fingerprint density at radius 2 is 1.70 bits per heavy atom. The van der Waals surface area contributed by atoms with Crippen LogP contribution in [0.3, 0.4) is 0 Å². The molecule has 1 aliphatic carbocycles. The largest absolute Gasteiger partial charge is 0.450 e. The van der Waals surface area contributed by atoms with E-state index in [2.05, 4.69) is 19.2 Å². The molecule has 1 saturated carbocycles. The monoisotopic (exact) mass is 327 g/mol. The molecule has 23 heavy (non-hydrogen) atoms. The molecule has 0 aromatic carbocycles. The summed E-state index contributed by atoms with van der Waals surface area (Å²) in [5.74, 6) is -0.189. The van der Waals surface area contributed by atoms with Crippen molar-refractivity contribution in [2.75, 3.05) is 6.61 Å². The molecule has 0 aliphatic heterocycles. The molecule has 2 unspecified atom stereocenters. The lowest BCUT2D eigenvalue weighted by molar-refractivity contribution is -0.168. The summed E-state index contributed by atoms with van der Waals surface area (Å²) in [5, 5.41) is 3.01. The molecule has 1 rings (SSSR count). The normalized spacial score (nSPS) is 18.2. The van der Waals surface area contributed by atoms with Gasteiger partial charge in [0.05, 0.1) is 0 Å². The topological polar surface area (TPSA) is 64.6 Å². The van der Waals surface area contributed by atoms with Crippen LogP contribution >= 0.6 is 0 Å². The highest BCUT2D eigenvalue weighted by Gasteiger charge is 2.30. The smallest absolute Gasteiger partial charge is 0.335 e. The zero-order chi connectivity index (χ0) is 17.4. The lowest BCUT2D eigenvalue weighted by Crippen LogP contribution is -2.45. The molecule has 5 nitrogen and oxygen atoms in total. The van der Waals surface area contributed by atoms with Gasteiger partial charge in [-0.3, -0.25) is 4.79 Å². The first-order valence-corrected chi connectivity index (χ1v) is 8.93. The molecule has 0 spiro atoms. The zero-order valence-electron chi connectivity index (χ0n) is 15.3. The predicted molar refractivity (Wildman–Crippen MR) is 90.0 cm³/mol. The van der Waals surface area contributed by atoms with E-state index in [1.807, 2.05) is 13.8 Å². The van der Waals surface area contributed by atoms with E-state index in [1.54, 1.807) is 6.92 Å². The van der Waals surface area contributed by atoms with Crippen LogP contribution in [0.25, 0.3) is 0 Å². The van der Waals surface area contributed by atoms with E-state index >= 15 is 0 Å². The molecule has 2 atom stereocenters. The van der Waals surface area contributed by atoms with Gasteiger partial charge in [0.2, 0.25) is 0 Å². The summed E-state index contributed by atoms with van der Waals surface area (Å²) in [6.07, 6.45) is 3.83. The molecule has 1 fully saturated rings. The molecular weight excluding hydrogens is 294 g/mol. The second-order valence-corrected chi connectivity index (χ2v) is 7.29. The number of nitrogens with one attached hydrogen (secondary N) is 1. The van der Waals surface area contributed by atoms with Gasteiger partial charge in [0.15, 0.2) is 12.2 Å². The number of hydrogen-bond donors (Lipinski definition) is 1. The van der Waals surface area contributed by atoms with Gasteiger partial charge in [-0.15, -0.1) is 0 Å². The van der Waals surface area contributed by atoms with Crippen LogP contribution in [0.5, 0.6) is 0 Å². The second-order valence-electron chi connectivity index (χ2n) is 7.29. The lowest BCUT2D eigenvalue weighted by atomic mass is 10.1. The number of amides is 1. The van der Waals surface area contributed by atoms with Crippen LogP contribution in [0, 0.1) is 11.8 Å². The third kappa shape index (κ3) is 7.34. The highest BCUT2D eigenvalue weighted by atomic mass is 16.6. The van der Waals surface area contributed by atoms with E-state index < -0.39 is 18.2 Å². The van der Waals surface area contributed by atoms with Crippen LogP contribution in [-0.4, -0.2) is 36.7 Å². The van der Waals surface area contributed by atoms with E-state index in [0.717, 1.165) is 32.1 Å². The minimum Gasteiger partial charge on any atom is -0.450 e. The van der Waals surface area contributed by atoms with E-state index in [4.69, 9.17) is 9.47 Å². The minimum atomic E-state index is -0.751. The van der Waals surface area contributed by atoms with Crippen LogP contribution in [0.15, 0.2) is 0 Å². The van der Waals surface area contributed by atoms with Crippen molar-refractivity contribution in [2.45, 2.75) is 85.0 Å². The molecular formula is C18H33NO4. The maximum Gasteiger partial charge on any atom is 0.335 e. The van der Waals surface area contributed by atoms with Gasteiger partial charge in [-0.2, -0.15) is 0 Å². The minimum absolute atomic E-state index is 0.0665. The van der Waals surface area contributed by atoms with Gasteiger partial charge in [-0.05, 0) is 38.0 Å². The molecule has 5 heteroatoms. The Hall–Kier alpha value is -1.10. The van der Waals surface area contributed by atoms with Crippen LogP contribution in [-0.2, 0) is 19.1 Å². The molecule has 1 amide bonds. The molecule has 0 radical (unpaired) electrons. The third-order valence-electron chi connectivity index (χ3n) is 4.20. The molecule has 0 saturated heterocycles. The Balaban J connectivity index is 2.46. The van der Waals surface area contributed by atoms with E-state index in [-0.39, 0.29) is 17.9 Å². The summed E-state index contributed by atoms with van der Waals surface area (Å²) >= 11 is 0. The van der Waals surface area contributed by atoms with E-state index in [9.17, 15) is 9.59 Å². The fourth-order valence-corrected chi connectivity index (χ4v) is 2.62. The SMILES string of the molecule is CC(C)CCOC(C)C(=O)OC(C(=O)NC1CCCC1)C(C)C. The van der Waals surface area contributed by atoms with Crippen LogP contribution in [0.1, 0.15) is 66.7 Å². The van der Waals surface area contributed by atoms with Gasteiger partial charge in [-0.1, -0.05) is 40.5 Å². The zero-order valence-corrected chi connectivity index (χ0v) is 15.3. The average molecular weight is 327 g/mol. The van der Waals surface area contributed by atoms with Crippen molar-refractivity contribution in [2.24, 2.45) is 11.8 Å². The fourth-order valence-electron chi connectivity index (χ4n) is 2.62. The summed E-state index contributed by atoms with van der Waals surface area (Å²) in [6, 6.07) is 0.224. The van der Waals surface area contributed by atoms with E-state index in [1.165, 1.54) is 0 Å². The molecule has 0 heterocycles. The predicted octanol–water partition coefficient (Wildman–Crippen LogP) is 3.06. The Kier molecular flexibility index (Phi) is 8.59. The van der Waals surface area contributed by atoms with Crippen LogP contribution < -0.4 is 5.32 Å². The molecule has 0 bridgehead atoms. The van der Waals surface area contributed by atoms with E-state index in [0.29, 0.717) is 12.5 Å². The second kappa shape index (κ2) is 9.91. The van der Waals surface area contributed by atoms with Crippen molar-refractivity contribution in [3.63, 3.8) is 0 Å². The van der Waals surface area contributed by atoms with Crippen molar-refractivity contribution < 1.29 is 19.1 Å². The van der Waals surface area contributed by atoms with Gasteiger partial charge < -0.3 is 14.8 Å². The fraction of sp³-hybridized carbons (Fsp3) is 0.889. The number of carbonyl (C=O) groups excluding carboxylic acids is 2. The molecule has 1 aliphatic rings. The first kappa shape index (κ1) is 19.9. The number of rotatable bonds is 9. The Morgan fingerprint density at radius 3 is 2.22 bits per heavy atom. The first-order valence-electron chi connectivity index (χ1n) is 8.93. The summed E-state index contributed by atoms with van der Waals surface area (Å²) in [6.45, 7) is 10.2. The van der Waals surface area contributed by atoms with Crippen molar-refractivity contribution in [3.05, 3.63) is 0 Å². The molecule has 0 aromatic rings. The molecule has 0 aromatic heterocycles.